The van der Waals surface area contributed by atoms with Gasteiger partial charge in [0.05, 0.1) is 17.9 Å². The number of anilines is 2. The molecule has 0 fully saturated rings. The highest BCUT2D eigenvalue weighted by atomic mass is 19.3. The number of alkyl halides is 2. The van der Waals surface area contributed by atoms with Crippen LogP contribution in [-0.4, -0.2) is 43.9 Å². The summed E-state index contributed by atoms with van der Waals surface area (Å²) in [7, 11) is 1.37. The van der Waals surface area contributed by atoms with Crippen LogP contribution in [-0.2, 0) is 0 Å². The summed E-state index contributed by atoms with van der Waals surface area (Å²) in [5.74, 6) is -0.398. The van der Waals surface area contributed by atoms with Gasteiger partial charge in [0.1, 0.15) is 0 Å². The van der Waals surface area contributed by atoms with E-state index in [1.807, 2.05) is 0 Å². The summed E-state index contributed by atoms with van der Waals surface area (Å²) >= 11 is 0. The van der Waals surface area contributed by atoms with Crippen molar-refractivity contribution in [2.75, 3.05) is 37.3 Å². The number of rotatable bonds is 3. The zero-order valence-electron chi connectivity index (χ0n) is 10.0. The number of carbonyl (C=O) groups is 1. The van der Waals surface area contributed by atoms with Crippen LogP contribution in [0.25, 0.3) is 0 Å². The number of hydrogen-bond acceptors (Lipinski definition) is 3. The molecule has 1 aromatic carbocycles. The molecular weight excluding hydrogens is 240 g/mol. The Kier molecular flexibility index (Phi) is 3.64. The van der Waals surface area contributed by atoms with E-state index in [2.05, 4.69) is 10.6 Å². The second-order valence-electron chi connectivity index (χ2n) is 4.19. The zero-order chi connectivity index (χ0) is 13.1. The smallest absolute Gasteiger partial charge is 0.255 e. The molecule has 0 aromatic heterocycles. The Morgan fingerprint density at radius 1 is 1.33 bits per heavy atom. The van der Waals surface area contributed by atoms with E-state index in [1.54, 1.807) is 18.2 Å². The van der Waals surface area contributed by atoms with Crippen molar-refractivity contribution >= 4 is 17.3 Å². The second kappa shape index (κ2) is 5.20. The summed E-state index contributed by atoms with van der Waals surface area (Å²) in [5.41, 5.74) is 2.17. The highest BCUT2D eigenvalue weighted by Gasteiger charge is 2.17. The Labute approximate surface area is 104 Å². The summed E-state index contributed by atoms with van der Waals surface area (Å²) in [6, 6.07) is 5.11. The van der Waals surface area contributed by atoms with Gasteiger partial charge in [-0.15, -0.1) is 0 Å². The molecule has 4 nitrogen and oxygen atoms in total. The molecule has 18 heavy (non-hydrogen) atoms. The summed E-state index contributed by atoms with van der Waals surface area (Å²) in [5, 5.41) is 6.34. The minimum atomic E-state index is -2.52. The van der Waals surface area contributed by atoms with Crippen molar-refractivity contribution in [1.29, 1.82) is 0 Å². The minimum Gasteiger partial charge on any atom is -0.382 e. The third-order valence-electron chi connectivity index (χ3n) is 2.78. The molecule has 0 unspecified atom stereocenters. The van der Waals surface area contributed by atoms with Crippen molar-refractivity contribution < 1.29 is 13.6 Å². The van der Waals surface area contributed by atoms with Crippen molar-refractivity contribution in [1.82, 2.24) is 4.90 Å². The molecular formula is C12H15F2N3O. The molecule has 1 aromatic rings. The van der Waals surface area contributed by atoms with E-state index in [0.29, 0.717) is 5.56 Å². The molecule has 0 bridgehead atoms. The molecule has 0 saturated heterocycles. The van der Waals surface area contributed by atoms with Gasteiger partial charge in [0.25, 0.3) is 12.3 Å². The average molecular weight is 255 g/mol. The molecule has 0 saturated carbocycles. The number of hydrogen-bond donors (Lipinski definition) is 2. The maximum atomic E-state index is 12.2. The van der Waals surface area contributed by atoms with Crippen molar-refractivity contribution in [3.8, 4) is 0 Å². The van der Waals surface area contributed by atoms with E-state index in [-0.39, 0.29) is 0 Å². The van der Waals surface area contributed by atoms with E-state index in [9.17, 15) is 13.6 Å². The molecule has 1 heterocycles. The first-order valence-corrected chi connectivity index (χ1v) is 5.73. The van der Waals surface area contributed by atoms with E-state index in [0.717, 1.165) is 29.4 Å². The third-order valence-corrected chi connectivity index (χ3v) is 2.78. The van der Waals surface area contributed by atoms with Crippen molar-refractivity contribution in [3.05, 3.63) is 23.8 Å². The normalized spacial score (nSPS) is 13.6. The van der Waals surface area contributed by atoms with Crippen LogP contribution in [0.1, 0.15) is 10.4 Å². The topological polar surface area (TPSA) is 44.4 Å². The van der Waals surface area contributed by atoms with Crippen LogP contribution in [0.3, 0.4) is 0 Å². The van der Waals surface area contributed by atoms with Crippen LogP contribution in [0.5, 0.6) is 0 Å². The van der Waals surface area contributed by atoms with Gasteiger partial charge in [-0.25, -0.2) is 8.78 Å². The molecule has 1 amide bonds. The first-order chi connectivity index (χ1) is 8.58. The van der Waals surface area contributed by atoms with Gasteiger partial charge < -0.3 is 15.5 Å². The molecule has 0 radical (unpaired) electrons. The zero-order valence-corrected chi connectivity index (χ0v) is 10.0. The summed E-state index contributed by atoms with van der Waals surface area (Å²) in [6.07, 6.45) is -2.52. The lowest BCUT2D eigenvalue weighted by molar-refractivity contribution is 0.0620. The standard InChI is InChI=1S/C12H15F2N3O/c1-17(7-11(13)14)12(18)8-2-3-9-10(6-8)16-5-4-15-9/h2-3,6,11,15-16H,4-5,7H2,1H3. The van der Waals surface area contributed by atoms with Crippen LogP contribution in [0.4, 0.5) is 20.2 Å². The van der Waals surface area contributed by atoms with Gasteiger partial charge in [-0.2, -0.15) is 0 Å². The summed E-state index contributed by atoms with van der Waals surface area (Å²) < 4.78 is 24.4. The van der Waals surface area contributed by atoms with Crippen molar-refractivity contribution in [2.45, 2.75) is 6.43 Å². The van der Waals surface area contributed by atoms with Gasteiger partial charge in [0.15, 0.2) is 0 Å². The largest absolute Gasteiger partial charge is 0.382 e. The quantitative estimate of drug-likeness (QED) is 0.866. The van der Waals surface area contributed by atoms with Gasteiger partial charge in [-0.1, -0.05) is 0 Å². The van der Waals surface area contributed by atoms with Crippen molar-refractivity contribution in [2.24, 2.45) is 0 Å². The first kappa shape index (κ1) is 12.6. The maximum Gasteiger partial charge on any atom is 0.255 e. The Bertz CT molecular complexity index is 451. The van der Waals surface area contributed by atoms with E-state index < -0.39 is 18.9 Å². The number of halogens is 2. The molecule has 0 atom stereocenters. The maximum absolute atomic E-state index is 12.2. The van der Waals surface area contributed by atoms with Gasteiger partial charge in [0, 0.05) is 25.7 Å². The molecule has 0 aliphatic carbocycles. The lowest BCUT2D eigenvalue weighted by Crippen LogP contribution is -2.31. The fourth-order valence-corrected chi connectivity index (χ4v) is 1.88. The van der Waals surface area contributed by atoms with Crippen LogP contribution < -0.4 is 10.6 Å². The van der Waals surface area contributed by atoms with E-state index in [4.69, 9.17) is 0 Å². The predicted molar refractivity (Wildman–Crippen MR) is 66.4 cm³/mol. The van der Waals surface area contributed by atoms with Gasteiger partial charge in [-0.3, -0.25) is 4.79 Å². The molecule has 6 heteroatoms. The molecule has 98 valence electrons. The molecule has 2 N–H and O–H groups in total. The third kappa shape index (κ3) is 2.69. The monoisotopic (exact) mass is 255 g/mol. The number of amides is 1. The van der Waals surface area contributed by atoms with Crippen LogP contribution in [0.2, 0.25) is 0 Å². The SMILES string of the molecule is CN(CC(F)F)C(=O)c1ccc2c(c1)NCCN2. The molecule has 1 aliphatic rings. The van der Waals surface area contributed by atoms with E-state index >= 15 is 0 Å². The van der Waals surface area contributed by atoms with Crippen LogP contribution in [0, 0.1) is 0 Å². The second-order valence-corrected chi connectivity index (χ2v) is 4.19. The predicted octanol–water partition coefficient (Wildman–Crippen LogP) is 1.86. The van der Waals surface area contributed by atoms with Gasteiger partial charge in [-0.05, 0) is 18.2 Å². The van der Waals surface area contributed by atoms with Gasteiger partial charge >= 0.3 is 0 Å². The van der Waals surface area contributed by atoms with Crippen LogP contribution in [0.15, 0.2) is 18.2 Å². The number of carbonyl (C=O) groups excluding carboxylic acids is 1. The Hall–Kier alpha value is -1.85. The van der Waals surface area contributed by atoms with Crippen LogP contribution >= 0.6 is 0 Å². The summed E-state index contributed by atoms with van der Waals surface area (Å²) in [6.45, 7) is 1.05. The first-order valence-electron chi connectivity index (χ1n) is 5.73. The average Bonchev–Trinajstić information content (AvgIpc) is 2.36. The van der Waals surface area contributed by atoms with Gasteiger partial charge in [0.2, 0.25) is 0 Å². The Balaban J connectivity index is 2.15. The fraction of sp³-hybridized carbons (Fsp3) is 0.417. The summed E-state index contributed by atoms with van der Waals surface area (Å²) in [4.78, 5) is 12.9. The van der Waals surface area contributed by atoms with E-state index in [1.165, 1.54) is 7.05 Å². The number of nitrogens with zero attached hydrogens (tertiary/aromatic N) is 1. The number of nitrogens with one attached hydrogen (secondary N) is 2. The van der Waals surface area contributed by atoms with Crippen molar-refractivity contribution in [3.63, 3.8) is 0 Å². The lowest BCUT2D eigenvalue weighted by atomic mass is 10.1. The number of benzene rings is 1. The number of fused-ring (bicyclic) bond motifs is 1. The highest BCUT2D eigenvalue weighted by Crippen LogP contribution is 2.25. The molecule has 1 aliphatic heterocycles. The fourth-order valence-electron chi connectivity index (χ4n) is 1.88. The highest BCUT2D eigenvalue weighted by molar-refractivity contribution is 5.96. The lowest BCUT2D eigenvalue weighted by Gasteiger charge is -2.22. The Morgan fingerprint density at radius 2 is 2.00 bits per heavy atom. The molecule has 0 spiro atoms. The Morgan fingerprint density at radius 3 is 2.67 bits per heavy atom. The minimum absolute atomic E-state index is 0.398. The molecule has 2 rings (SSSR count).